The molecule has 2 rings (SSSR count). The Balaban J connectivity index is 0.00000162. The van der Waals surface area contributed by atoms with Crippen LogP contribution in [0.2, 0.25) is 0 Å². The Morgan fingerprint density at radius 2 is 1.68 bits per heavy atom. The summed E-state index contributed by atoms with van der Waals surface area (Å²) in [6.45, 7) is 2.39. The molecule has 0 aromatic carbocycles. The van der Waals surface area contributed by atoms with Crippen molar-refractivity contribution in [2.24, 2.45) is 5.73 Å². The lowest BCUT2D eigenvalue weighted by Gasteiger charge is -2.49. The van der Waals surface area contributed by atoms with Crippen LogP contribution in [0.3, 0.4) is 0 Å². The zero-order chi connectivity index (χ0) is 12.3. The second kappa shape index (κ2) is 9.26. The van der Waals surface area contributed by atoms with Crippen molar-refractivity contribution in [3.05, 3.63) is 0 Å². The first-order valence-electron chi connectivity index (χ1n) is 6.79. The Labute approximate surface area is 143 Å². The Morgan fingerprint density at radius 3 is 2.11 bits per heavy atom. The third-order valence-electron chi connectivity index (χ3n) is 4.66. The minimum atomic E-state index is 0. The average Bonchev–Trinajstić information content (AvgIpc) is 2.40. The summed E-state index contributed by atoms with van der Waals surface area (Å²) in [5, 5.41) is 0. The van der Waals surface area contributed by atoms with Gasteiger partial charge in [-0.1, -0.05) is 22.6 Å². The molecule has 0 radical (unpaired) electrons. The van der Waals surface area contributed by atoms with Gasteiger partial charge in [0.2, 0.25) is 0 Å². The molecule has 0 unspecified atom stereocenters. The van der Waals surface area contributed by atoms with Gasteiger partial charge in [0.25, 0.3) is 0 Å². The number of hydrogen-bond acceptors (Lipinski definition) is 3. The summed E-state index contributed by atoms with van der Waals surface area (Å²) in [5.41, 5.74) is 6.45. The lowest BCUT2D eigenvalue weighted by Crippen LogP contribution is -2.56. The van der Waals surface area contributed by atoms with E-state index in [0.717, 1.165) is 0 Å². The van der Waals surface area contributed by atoms with E-state index in [1.54, 1.807) is 0 Å². The van der Waals surface area contributed by atoms with Crippen molar-refractivity contribution in [3.8, 4) is 0 Å². The summed E-state index contributed by atoms with van der Waals surface area (Å²) < 4.78 is 6.74. The molecule has 0 amide bonds. The molecular weight excluding hydrogens is 398 g/mol. The minimum absolute atomic E-state index is 0. The highest BCUT2D eigenvalue weighted by Gasteiger charge is 2.40. The Bertz CT molecular complexity index is 243. The van der Waals surface area contributed by atoms with Gasteiger partial charge in [-0.2, -0.15) is 0 Å². The molecule has 2 aliphatic rings. The smallest absolute Gasteiger partial charge is 0.0572 e. The summed E-state index contributed by atoms with van der Waals surface area (Å²) >= 11 is 2.57. The molecule has 0 bridgehead atoms. The summed E-state index contributed by atoms with van der Waals surface area (Å²) in [4.78, 5) is 2.72. The quantitative estimate of drug-likeness (QED) is 0.559. The number of halogens is 3. The van der Waals surface area contributed by atoms with Crippen LogP contribution in [0.15, 0.2) is 0 Å². The molecule has 3 nitrogen and oxygen atoms in total. The monoisotopic (exact) mass is 424 g/mol. The predicted octanol–water partition coefficient (Wildman–Crippen LogP) is 3.02. The third kappa shape index (κ3) is 4.85. The molecule has 0 aromatic heterocycles. The van der Waals surface area contributed by atoms with Crippen LogP contribution in [0, 0.1) is 0 Å². The fourth-order valence-electron chi connectivity index (χ4n) is 3.27. The van der Waals surface area contributed by atoms with E-state index < -0.39 is 0 Å². The van der Waals surface area contributed by atoms with Gasteiger partial charge in [0, 0.05) is 36.2 Å². The van der Waals surface area contributed by atoms with Crippen molar-refractivity contribution >= 4 is 47.4 Å². The topological polar surface area (TPSA) is 38.5 Å². The van der Waals surface area contributed by atoms with E-state index >= 15 is 0 Å². The molecule has 0 spiro atoms. The maximum atomic E-state index is 6.01. The van der Waals surface area contributed by atoms with Crippen LogP contribution < -0.4 is 5.73 Å². The molecule has 2 fully saturated rings. The van der Waals surface area contributed by atoms with Crippen LogP contribution in [0.5, 0.6) is 0 Å². The van der Waals surface area contributed by atoms with E-state index in [4.69, 9.17) is 10.5 Å². The van der Waals surface area contributed by atoms with Gasteiger partial charge in [0.1, 0.15) is 0 Å². The summed E-state index contributed by atoms with van der Waals surface area (Å²) in [7, 11) is 1.85. The van der Waals surface area contributed by atoms with Gasteiger partial charge in [-0.25, -0.2) is 0 Å². The highest BCUT2D eigenvalue weighted by atomic mass is 127. The minimum Gasteiger partial charge on any atom is -0.381 e. The largest absolute Gasteiger partial charge is 0.381 e. The zero-order valence-electron chi connectivity index (χ0n) is 11.6. The van der Waals surface area contributed by atoms with Crippen molar-refractivity contribution in [2.45, 2.75) is 56.2 Å². The molecule has 1 saturated heterocycles. The molecule has 0 aromatic rings. The molecule has 1 heterocycles. The average molecular weight is 425 g/mol. The van der Waals surface area contributed by atoms with Gasteiger partial charge in [0.05, 0.1) is 6.10 Å². The molecule has 19 heavy (non-hydrogen) atoms. The Kier molecular flexibility index (Phi) is 9.84. The van der Waals surface area contributed by atoms with Crippen LogP contribution in [-0.2, 0) is 4.74 Å². The first-order valence-corrected chi connectivity index (χ1v) is 8.32. The van der Waals surface area contributed by atoms with Crippen molar-refractivity contribution < 1.29 is 4.74 Å². The summed E-state index contributed by atoms with van der Waals surface area (Å²) in [6.07, 6.45) is 7.88. The number of hydrogen-bond donors (Lipinski definition) is 1. The number of nitrogens with zero attached hydrogens (tertiary/aromatic N) is 1. The van der Waals surface area contributed by atoms with Crippen molar-refractivity contribution in [2.75, 3.05) is 24.6 Å². The predicted molar refractivity (Wildman–Crippen MR) is 94.2 cm³/mol. The SMILES string of the molecule is COC1CCC(CI)(N2CCC(N)CC2)CC1.Cl.Cl. The number of piperidine rings is 1. The van der Waals surface area contributed by atoms with E-state index in [-0.39, 0.29) is 24.8 Å². The Hall–Kier alpha value is 1.19. The van der Waals surface area contributed by atoms with Crippen LogP contribution in [0.4, 0.5) is 0 Å². The van der Waals surface area contributed by atoms with E-state index in [9.17, 15) is 0 Å². The van der Waals surface area contributed by atoms with Crippen molar-refractivity contribution in [1.82, 2.24) is 4.90 Å². The third-order valence-corrected chi connectivity index (χ3v) is 6.08. The number of nitrogens with two attached hydrogens (primary N) is 1. The van der Waals surface area contributed by atoms with Gasteiger partial charge in [-0.15, -0.1) is 24.8 Å². The highest BCUT2D eigenvalue weighted by molar-refractivity contribution is 14.1. The first kappa shape index (κ1) is 20.2. The highest BCUT2D eigenvalue weighted by Crippen LogP contribution is 2.37. The van der Waals surface area contributed by atoms with E-state index in [0.29, 0.717) is 17.7 Å². The second-order valence-corrected chi connectivity index (χ2v) is 6.38. The summed E-state index contributed by atoms with van der Waals surface area (Å²) in [6, 6.07) is 0.438. The van der Waals surface area contributed by atoms with Gasteiger partial charge in [-0.05, 0) is 38.5 Å². The Morgan fingerprint density at radius 1 is 1.16 bits per heavy atom. The molecule has 2 N–H and O–H groups in total. The molecule has 6 heteroatoms. The van der Waals surface area contributed by atoms with Gasteiger partial charge in [-0.3, -0.25) is 4.90 Å². The first-order chi connectivity index (χ1) is 8.20. The van der Waals surface area contributed by atoms with E-state index in [2.05, 4.69) is 27.5 Å². The molecule has 116 valence electrons. The number of methoxy groups -OCH3 is 1. The van der Waals surface area contributed by atoms with Crippen LogP contribution >= 0.6 is 47.4 Å². The normalized spacial score (nSPS) is 33.3. The van der Waals surface area contributed by atoms with Crippen LogP contribution in [0.1, 0.15) is 38.5 Å². The number of rotatable bonds is 3. The van der Waals surface area contributed by atoms with Gasteiger partial charge >= 0.3 is 0 Å². The van der Waals surface area contributed by atoms with E-state index in [1.807, 2.05) is 7.11 Å². The number of ether oxygens (including phenoxy) is 1. The molecule has 0 atom stereocenters. The van der Waals surface area contributed by atoms with Gasteiger partial charge in [0.15, 0.2) is 0 Å². The maximum Gasteiger partial charge on any atom is 0.0572 e. The van der Waals surface area contributed by atoms with Gasteiger partial charge < -0.3 is 10.5 Å². The fourth-order valence-corrected chi connectivity index (χ4v) is 4.52. The van der Waals surface area contributed by atoms with Crippen molar-refractivity contribution in [1.29, 1.82) is 0 Å². The lowest BCUT2D eigenvalue weighted by molar-refractivity contribution is -0.00744. The standard InChI is InChI=1S/C13H25IN2O.2ClH/c1-17-12-2-6-13(10-14,7-3-12)16-8-4-11(15)5-9-16;;/h11-12H,2-10,15H2,1H3;2*1H. The number of likely N-dealkylation sites (tertiary alicyclic amines) is 1. The van der Waals surface area contributed by atoms with E-state index in [1.165, 1.54) is 56.0 Å². The molecule has 1 aliphatic carbocycles. The molecule has 1 aliphatic heterocycles. The van der Waals surface area contributed by atoms with Crippen molar-refractivity contribution in [3.63, 3.8) is 0 Å². The molecule has 1 saturated carbocycles. The summed E-state index contributed by atoms with van der Waals surface area (Å²) in [5.74, 6) is 0. The number of alkyl halides is 1. The van der Waals surface area contributed by atoms with Crippen LogP contribution in [-0.4, -0.2) is 47.2 Å². The van der Waals surface area contributed by atoms with Crippen LogP contribution in [0.25, 0.3) is 0 Å². The lowest BCUT2D eigenvalue weighted by atomic mass is 9.79. The maximum absolute atomic E-state index is 6.01. The second-order valence-electron chi connectivity index (χ2n) is 5.62. The zero-order valence-corrected chi connectivity index (χ0v) is 15.4. The fraction of sp³-hybridized carbons (Fsp3) is 1.00. The molecular formula is C13H27Cl2IN2O.